The van der Waals surface area contributed by atoms with Gasteiger partial charge in [0.1, 0.15) is 0 Å². The molecular formula is C36H31BO2. The molecule has 0 spiro atoms. The quantitative estimate of drug-likeness (QED) is 0.223. The first-order valence-electron chi connectivity index (χ1n) is 13.7. The van der Waals surface area contributed by atoms with Crippen LogP contribution in [-0.4, -0.2) is 18.3 Å². The zero-order valence-corrected chi connectivity index (χ0v) is 22.9. The van der Waals surface area contributed by atoms with Crippen LogP contribution in [0.15, 0.2) is 115 Å². The fourth-order valence-electron chi connectivity index (χ4n) is 5.54. The van der Waals surface area contributed by atoms with E-state index in [1.807, 2.05) is 0 Å². The van der Waals surface area contributed by atoms with E-state index in [1.165, 1.54) is 54.6 Å². The average molecular weight is 506 g/mol. The molecule has 2 nitrogen and oxygen atoms in total. The Morgan fingerprint density at radius 1 is 0.410 bits per heavy atom. The molecule has 7 rings (SSSR count). The molecule has 1 aliphatic rings. The van der Waals surface area contributed by atoms with Gasteiger partial charge in [0.15, 0.2) is 0 Å². The number of fused-ring (bicyclic) bond motifs is 3. The standard InChI is InChI=1S/C36H31BO2/c1-35(2)36(3,4)39-37(38-35)34-18-17-25-10-12-32(22-33(25)23-34)31-16-15-29-20-28(13-14-30(29)21-31)27-11-9-24-7-5-6-8-26(24)19-27/h5-23H,1-4H3. The summed E-state index contributed by atoms with van der Waals surface area (Å²) in [6.45, 7) is 8.38. The minimum absolute atomic E-state index is 0.353. The first-order valence-corrected chi connectivity index (χ1v) is 13.7. The first kappa shape index (κ1) is 24.1. The Bertz CT molecular complexity index is 1870. The molecule has 0 aromatic heterocycles. The molecule has 6 aromatic carbocycles. The van der Waals surface area contributed by atoms with Crippen LogP contribution < -0.4 is 5.46 Å². The van der Waals surface area contributed by atoms with E-state index in [-0.39, 0.29) is 18.3 Å². The van der Waals surface area contributed by atoms with Crippen molar-refractivity contribution in [3.63, 3.8) is 0 Å². The molecule has 0 unspecified atom stereocenters. The minimum atomic E-state index is -0.361. The summed E-state index contributed by atoms with van der Waals surface area (Å²) in [6.07, 6.45) is 0. The lowest BCUT2D eigenvalue weighted by Gasteiger charge is -2.32. The van der Waals surface area contributed by atoms with Crippen LogP contribution in [0, 0.1) is 0 Å². The minimum Gasteiger partial charge on any atom is -0.399 e. The van der Waals surface area contributed by atoms with Crippen molar-refractivity contribution in [1.29, 1.82) is 0 Å². The molecule has 39 heavy (non-hydrogen) atoms. The summed E-state index contributed by atoms with van der Waals surface area (Å²) < 4.78 is 12.6. The largest absolute Gasteiger partial charge is 0.494 e. The van der Waals surface area contributed by atoms with Gasteiger partial charge in [-0.3, -0.25) is 0 Å². The highest BCUT2D eigenvalue weighted by molar-refractivity contribution is 6.62. The molecule has 0 atom stereocenters. The third kappa shape index (κ3) is 4.23. The highest BCUT2D eigenvalue weighted by atomic mass is 16.7. The van der Waals surface area contributed by atoms with Gasteiger partial charge in [-0.1, -0.05) is 91.0 Å². The highest BCUT2D eigenvalue weighted by Crippen LogP contribution is 2.37. The summed E-state index contributed by atoms with van der Waals surface area (Å²) in [6, 6.07) is 41.9. The van der Waals surface area contributed by atoms with Crippen molar-refractivity contribution in [2.75, 3.05) is 0 Å². The molecule has 3 heteroatoms. The van der Waals surface area contributed by atoms with E-state index in [0.29, 0.717) is 0 Å². The molecule has 0 N–H and O–H groups in total. The van der Waals surface area contributed by atoms with Gasteiger partial charge in [-0.15, -0.1) is 0 Å². The lowest BCUT2D eigenvalue weighted by Crippen LogP contribution is -2.41. The summed E-state index contributed by atoms with van der Waals surface area (Å²) in [5, 5.41) is 7.41. The molecule has 1 aliphatic heterocycles. The van der Waals surface area contributed by atoms with Crippen molar-refractivity contribution < 1.29 is 9.31 Å². The van der Waals surface area contributed by atoms with Crippen LogP contribution >= 0.6 is 0 Å². The van der Waals surface area contributed by atoms with Crippen molar-refractivity contribution >= 4 is 44.9 Å². The van der Waals surface area contributed by atoms with E-state index in [1.54, 1.807) is 0 Å². The molecule has 0 bridgehead atoms. The van der Waals surface area contributed by atoms with Crippen molar-refractivity contribution in [3.05, 3.63) is 115 Å². The second-order valence-electron chi connectivity index (χ2n) is 11.7. The van der Waals surface area contributed by atoms with E-state index in [0.717, 1.165) is 5.46 Å². The maximum absolute atomic E-state index is 6.30. The van der Waals surface area contributed by atoms with E-state index in [4.69, 9.17) is 9.31 Å². The predicted molar refractivity (Wildman–Crippen MR) is 166 cm³/mol. The van der Waals surface area contributed by atoms with Gasteiger partial charge in [-0.25, -0.2) is 0 Å². The summed E-state index contributed by atoms with van der Waals surface area (Å²) in [4.78, 5) is 0. The monoisotopic (exact) mass is 506 g/mol. The normalized spacial score (nSPS) is 16.4. The first-order chi connectivity index (χ1) is 18.8. The molecule has 0 saturated carbocycles. The van der Waals surface area contributed by atoms with E-state index in [2.05, 4.69) is 143 Å². The summed E-state index contributed by atoms with van der Waals surface area (Å²) >= 11 is 0. The number of benzene rings is 6. The molecule has 1 fully saturated rings. The van der Waals surface area contributed by atoms with Gasteiger partial charge in [0.2, 0.25) is 0 Å². The molecule has 1 saturated heterocycles. The zero-order valence-electron chi connectivity index (χ0n) is 22.9. The van der Waals surface area contributed by atoms with Crippen molar-refractivity contribution in [2.45, 2.75) is 38.9 Å². The van der Waals surface area contributed by atoms with Gasteiger partial charge in [0, 0.05) is 0 Å². The SMILES string of the molecule is CC1(C)OB(c2ccc3ccc(-c4ccc5cc(-c6ccc7ccccc7c6)ccc5c4)cc3c2)OC1(C)C. The van der Waals surface area contributed by atoms with Gasteiger partial charge < -0.3 is 9.31 Å². The van der Waals surface area contributed by atoms with Crippen LogP contribution in [0.1, 0.15) is 27.7 Å². The molecule has 0 radical (unpaired) electrons. The summed E-state index contributed by atoms with van der Waals surface area (Å²) in [7, 11) is -0.361. The van der Waals surface area contributed by atoms with Crippen molar-refractivity contribution in [3.8, 4) is 22.3 Å². The Morgan fingerprint density at radius 3 is 1.33 bits per heavy atom. The highest BCUT2D eigenvalue weighted by Gasteiger charge is 2.51. The zero-order chi connectivity index (χ0) is 26.8. The molecule has 190 valence electrons. The Labute approximate surface area is 230 Å². The fraction of sp³-hybridized carbons (Fsp3) is 0.167. The molecule has 1 heterocycles. The number of rotatable bonds is 3. The lowest BCUT2D eigenvalue weighted by atomic mass is 9.78. The van der Waals surface area contributed by atoms with Crippen LogP contribution in [0.3, 0.4) is 0 Å². The number of hydrogen-bond acceptors (Lipinski definition) is 2. The lowest BCUT2D eigenvalue weighted by molar-refractivity contribution is 0.00578. The van der Waals surface area contributed by atoms with Gasteiger partial charge in [0.05, 0.1) is 11.2 Å². The van der Waals surface area contributed by atoms with Gasteiger partial charge in [-0.2, -0.15) is 0 Å². The molecule has 0 amide bonds. The molecule has 0 aliphatic carbocycles. The summed E-state index contributed by atoms with van der Waals surface area (Å²) in [5.74, 6) is 0. The van der Waals surface area contributed by atoms with Gasteiger partial charge in [-0.05, 0) is 112 Å². The second-order valence-corrected chi connectivity index (χ2v) is 11.7. The second kappa shape index (κ2) is 8.81. The third-order valence-electron chi connectivity index (χ3n) is 8.65. The topological polar surface area (TPSA) is 18.5 Å². The maximum atomic E-state index is 6.30. The van der Waals surface area contributed by atoms with Crippen LogP contribution in [0.2, 0.25) is 0 Å². The van der Waals surface area contributed by atoms with Crippen LogP contribution in [0.5, 0.6) is 0 Å². The summed E-state index contributed by atoms with van der Waals surface area (Å²) in [5.41, 5.74) is 5.24. The predicted octanol–water partition coefficient (Wildman–Crippen LogP) is 8.78. The molecular weight excluding hydrogens is 475 g/mol. The average Bonchev–Trinajstić information content (AvgIpc) is 3.17. The third-order valence-corrected chi connectivity index (χ3v) is 8.65. The number of hydrogen-bond donors (Lipinski definition) is 0. The van der Waals surface area contributed by atoms with Crippen LogP contribution in [-0.2, 0) is 9.31 Å². The Balaban J connectivity index is 1.21. The Kier molecular flexibility index (Phi) is 5.45. The van der Waals surface area contributed by atoms with Crippen LogP contribution in [0.4, 0.5) is 0 Å². The van der Waals surface area contributed by atoms with E-state index < -0.39 is 0 Å². The van der Waals surface area contributed by atoms with Crippen LogP contribution in [0.25, 0.3) is 54.6 Å². The Morgan fingerprint density at radius 2 is 0.795 bits per heavy atom. The fourth-order valence-corrected chi connectivity index (χ4v) is 5.54. The van der Waals surface area contributed by atoms with Crippen molar-refractivity contribution in [1.82, 2.24) is 0 Å². The van der Waals surface area contributed by atoms with E-state index in [9.17, 15) is 0 Å². The molecule has 6 aromatic rings. The van der Waals surface area contributed by atoms with Crippen molar-refractivity contribution in [2.24, 2.45) is 0 Å². The maximum Gasteiger partial charge on any atom is 0.494 e. The van der Waals surface area contributed by atoms with Gasteiger partial charge in [0.25, 0.3) is 0 Å². The van der Waals surface area contributed by atoms with E-state index >= 15 is 0 Å². The Hall–Kier alpha value is -3.92. The van der Waals surface area contributed by atoms with Gasteiger partial charge >= 0.3 is 7.12 Å². The smallest absolute Gasteiger partial charge is 0.399 e.